The molecule has 0 heterocycles. The van der Waals surface area contributed by atoms with Crippen molar-refractivity contribution >= 4 is 11.6 Å². The largest absolute Gasteiger partial charge is 0.382 e. The summed E-state index contributed by atoms with van der Waals surface area (Å²) in [6, 6.07) is 6.53. The lowest BCUT2D eigenvalue weighted by Crippen LogP contribution is -2.24. The van der Waals surface area contributed by atoms with Crippen LogP contribution < -0.4 is 16.4 Å². The average Bonchev–Trinajstić information content (AvgIpc) is 2.78. The van der Waals surface area contributed by atoms with E-state index in [4.69, 9.17) is 5.73 Å². The third-order valence-electron chi connectivity index (χ3n) is 3.67. The van der Waals surface area contributed by atoms with E-state index in [9.17, 15) is 4.79 Å². The molecule has 1 fully saturated rings. The van der Waals surface area contributed by atoms with Crippen LogP contribution in [0.25, 0.3) is 0 Å². The van der Waals surface area contributed by atoms with Crippen LogP contribution in [0, 0.1) is 6.92 Å². The molecule has 19 heavy (non-hydrogen) atoms. The number of carbonyl (C=O) groups is 1. The fourth-order valence-electron chi connectivity index (χ4n) is 2.55. The van der Waals surface area contributed by atoms with Crippen molar-refractivity contribution in [3.63, 3.8) is 0 Å². The number of carbonyl (C=O) groups excluding carboxylic acids is 1. The summed E-state index contributed by atoms with van der Waals surface area (Å²) in [5.41, 5.74) is 8.84. The molecule has 104 valence electrons. The highest BCUT2D eigenvalue weighted by atomic mass is 16.1. The minimum atomic E-state index is -0.0197. The Balaban J connectivity index is 2.10. The Bertz CT molecular complexity index is 459. The zero-order valence-electron chi connectivity index (χ0n) is 11.7. The van der Waals surface area contributed by atoms with Crippen LogP contribution in [-0.4, -0.2) is 24.5 Å². The van der Waals surface area contributed by atoms with Crippen LogP contribution in [0.3, 0.4) is 0 Å². The maximum atomic E-state index is 11.8. The van der Waals surface area contributed by atoms with E-state index in [1.807, 2.05) is 25.1 Å². The molecule has 0 bridgehead atoms. The van der Waals surface area contributed by atoms with Crippen LogP contribution in [0.2, 0.25) is 0 Å². The highest BCUT2D eigenvalue weighted by Crippen LogP contribution is 2.24. The first-order chi connectivity index (χ1) is 9.10. The van der Waals surface area contributed by atoms with Crippen LogP contribution in [0.1, 0.15) is 42.1 Å². The molecular formula is C15H23N3O. The number of anilines is 1. The predicted octanol–water partition coefficient (Wildman–Crippen LogP) is 2.04. The second kappa shape index (κ2) is 6.06. The molecule has 0 spiro atoms. The topological polar surface area (TPSA) is 67.2 Å². The third-order valence-corrected chi connectivity index (χ3v) is 3.67. The summed E-state index contributed by atoms with van der Waals surface area (Å²) >= 11 is 0. The zero-order chi connectivity index (χ0) is 13.8. The number of benzene rings is 1. The van der Waals surface area contributed by atoms with Crippen LogP contribution >= 0.6 is 0 Å². The lowest BCUT2D eigenvalue weighted by atomic mass is 10.1. The van der Waals surface area contributed by atoms with E-state index in [0.717, 1.165) is 30.5 Å². The van der Waals surface area contributed by atoms with E-state index in [2.05, 4.69) is 17.6 Å². The van der Waals surface area contributed by atoms with Crippen molar-refractivity contribution in [1.29, 1.82) is 0 Å². The molecule has 1 aromatic rings. The molecule has 0 aromatic heterocycles. The van der Waals surface area contributed by atoms with Gasteiger partial charge in [0.25, 0.3) is 5.91 Å². The van der Waals surface area contributed by atoms with Crippen LogP contribution in [-0.2, 0) is 0 Å². The molecule has 1 saturated carbocycles. The van der Waals surface area contributed by atoms with Crippen LogP contribution in [0.5, 0.6) is 0 Å². The van der Waals surface area contributed by atoms with Gasteiger partial charge < -0.3 is 16.4 Å². The number of aryl methyl sites for hydroxylation is 1. The standard InChI is InChI=1S/C15H23N3O/c1-3-17-15(19)11-5-4-10(2)14(8-11)18-13-7-6-12(16)9-13/h4-5,8,12-13,18H,3,6-7,9,16H2,1-2H3,(H,17,19). The highest BCUT2D eigenvalue weighted by Gasteiger charge is 2.22. The Morgan fingerprint density at radius 3 is 2.84 bits per heavy atom. The van der Waals surface area contributed by atoms with E-state index < -0.39 is 0 Å². The fourth-order valence-corrected chi connectivity index (χ4v) is 2.55. The molecule has 1 aliphatic carbocycles. The maximum Gasteiger partial charge on any atom is 0.251 e. The van der Waals surface area contributed by atoms with Gasteiger partial charge in [0.05, 0.1) is 0 Å². The molecular weight excluding hydrogens is 238 g/mol. The normalized spacial score (nSPS) is 22.3. The van der Waals surface area contributed by atoms with Crippen molar-refractivity contribution < 1.29 is 4.79 Å². The van der Waals surface area contributed by atoms with Gasteiger partial charge in [0.1, 0.15) is 0 Å². The SMILES string of the molecule is CCNC(=O)c1ccc(C)c(NC2CCC(N)C2)c1. The number of nitrogens with two attached hydrogens (primary N) is 1. The Morgan fingerprint density at radius 2 is 2.21 bits per heavy atom. The maximum absolute atomic E-state index is 11.8. The number of rotatable bonds is 4. The zero-order valence-corrected chi connectivity index (χ0v) is 11.7. The summed E-state index contributed by atoms with van der Waals surface area (Å²) in [5.74, 6) is -0.0197. The molecule has 1 amide bonds. The summed E-state index contributed by atoms with van der Waals surface area (Å²) < 4.78 is 0. The first kappa shape index (κ1) is 13.9. The van der Waals surface area contributed by atoms with Gasteiger partial charge in [-0.2, -0.15) is 0 Å². The summed E-state index contributed by atoms with van der Waals surface area (Å²) in [4.78, 5) is 11.8. The van der Waals surface area contributed by atoms with Crippen molar-refractivity contribution in [2.45, 2.75) is 45.2 Å². The van der Waals surface area contributed by atoms with Crippen molar-refractivity contribution in [2.75, 3.05) is 11.9 Å². The number of amides is 1. The van der Waals surface area contributed by atoms with E-state index in [1.165, 1.54) is 0 Å². The number of hydrogen-bond donors (Lipinski definition) is 3. The second-order valence-corrected chi connectivity index (χ2v) is 5.30. The molecule has 4 N–H and O–H groups in total. The van der Waals surface area contributed by atoms with Gasteiger partial charge in [-0.05, 0) is 50.8 Å². The molecule has 0 aliphatic heterocycles. The number of nitrogens with one attached hydrogen (secondary N) is 2. The molecule has 2 rings (SSSR count). The molecule has 4 heteroatoms. The van der Waals surface area contributed by atoms with Gasteiger partial charge in [0.15, 0.2) is 0 Å². The van der Waals surface area contributed by atoms with Gasteiger partial charge in [-0.3, -0.25) is 4.79 Å². The average molecular weight is 261 g/mol. The van der Waals surface area contributed by atoms with Crippen LogP contribution in [0.4, 0.5) is 5.69 Å². The first-order valence-electron chi connectivity index (χ1n) is 7.01. The monoisotopic (exact) mass is 261 g/mol. The van der Waals surface area contributed by atoms with Gasteiger partial charge in [-0.1, -0.05) is 6.07 Å². The van der Waals surface area contributed by atoms with E-state index >= 15 is 0 Å². The van der Waals surface area contributed by atoms with Crippen molar-refractivity contribution in [2.24, 2.45) is 5.73 Å². The van der Waals surface area contributed by atoms with Crippen molar-refractivity contribution in [1.82, 2.24) is 5.32 Å². The van der Waals surface area contributed by atoms with E-state index in [1.54, 1.807) is 0 Å². The quantitative estimate of drug-likeness (QED) is 0.777. The molecule has 1 aromatic carbocycles. The lowest BCUT2D eigenvalue weighted by Gasteiger charge is -2.17. The van der Waals surface area contributed by atoms with Crippen molar-refractivity contribution in [3.8, 4) is 0 Å². The second-order valence-electron chi connectivity index (χ2n) is 5.30. The molecule has 2 atom stereocenters. The summed E-state index contributed by atoms with van der Waals surface area (Å²) in [7, 11) is 0. The fraction of sp³-hybridized carbons (Fsp3) is 0.533. The van der Waals surface area contributed by atoms with Gasteiger partial charge in [0.2, 0.25) is 0 Å². The lowest BCUT2D eigenvalue weighted by molar-refractivity contribution is 0.0956. The minimum Gasteiger partial charge on any atom is -0.382 e. The molecule has 1 aliphatic rings. The van der Waals surface area contributed by atoms with Gasteiger partial charge in [0, 0.05) is 29.9 Å². The minimum absolute atomic E-state index is 0.0197. The number of hydrogen-bond acceptors (Lipinski definition) is 3. The summed E-state index contributed by atoms with van der Waals surface area (Å²) in [5, 5.41) is 6.34. The first-order valence-corrected chi connectivity index (χ1v) is 7.01. The summed E-state index contributed by atoms with van der Waals surface area (Å²) in [6.45, 7) is 4.62. The van der Waals surface area contributed by atoms with E-state index in [0.29, 0.717) is 24.2 Å². The molecule has 4 nitrogen and oxygen atoms in total. The highest BCUT2D eigenvalue weighted by molar-refractivity contribution is 5.95. The molecule has 2 unspecified atom stereocenters. The smallest absolute Gasteiger partial charge is 0.251 e. The predicted molar refractivity (Wildman–Crippen MR) is 78.4 cm³/mol. The van der Waals surface area contributed by atoms with Gasteiger partial charge in [-0.25, -0.2) is 0 Å². The Morgan fingerprint density at radius 1 is 1.42 bits per heavy atom. The van der Waals surface area contributed by atoms with Gasteiger partial charge in [-0.15, -0.1) is 0 Å². The molecule has 0 radical (unpaired) electrons. The van der Waals surface area contributed by atoms with Crippen LogP contribution in [0.15, 0.2) is 18.2 Å². The van der Waals surface area contributed by atoms with Crippen molar-refractivity contribution in [3.05, 3.63) is 29.3 Å². The summed E-state index contributed by atoms with van der Waals surface area (Å²) in [6.07, 6.45) is 3.18. The Hall–Kier alpha value is -1.55. The van der Waals surface area contributed by atoms with Gasteiger partial charge >= 0.3 is 0 Å². The molecule has 0 saturated heterocycles. The van der Waals surface area contributed by atoms with E-state index in [-0.39, 0.29) is 5.91 Å². The Labute approximate surface area is 114 Å². The third kappa shape index (κ3) is 3.47. The Kier molecular flexibility index (Phi) is 4.43.